The standard InChI is InChI=1S/C18H28N2/c1-3-13-20(15-17-9-11-19-12-10-17)14-16(2)18-7-5-4-6-8-18/h4-8,17,19H,2-3,9-15H2,1H3. The summed E-state index contributed by atoms with van der Waals surface area (Å²) >= 11 is 0. The van der Waals surface area contributed by atoms with E-state index >= 15 is 0 Å². The molecule has 20 heavy (non-hydrogen) atoms. The van der Waals surface area contributed by atoms with Crippen LogP contribution >= 0.6 is 0 Å². The summed E-state index contributed by atoms with van der Waals surface area (Å²) in [6.07, 6.45) is 3.85. The summed E-state index contributed by atoms with van der Waals surface area (Å²) in [5.41, 5.74) is 2.52. The lowest BCUT2D eigenvalue weighted by Crippen LogP contribution is -2.37. The highest BCUT2D eigenvalue weighted by Gasteiger charge is 2.17. The van der Waals surface area contributed by atoms with Crippen LogP contribution in [0.4, 0.5) is 0 Å². The van der Waals surface area contributed by atoms with E-state index in [1.807, 2.05) is 0 Å². The lowest BCUT2D eigenvalue weighted by Gasteiger charge is -2.30. The number of hydrogen-bond donors (Lipinski definition) is 1. The zero-order valence-corrected chi connectivity index (χ0v) is 12.8. The second-order valence-electron chi connectivity index (χ2n) is 5.90. The topological polar surface area (TPSA) is 15.3 Å². The predicted molar refractivity (Wildman–Crippen MR) is 87.8 cm³/mol. The van der Waals surface area contributed by atoms with Crippen molar-refractivity contribution in [3.63, 3.8) is 0 Å². The Labute approximate surface area is 123 Å². The van der Waals surface area contributed by atoms with Crippen molar-refractivity contribution in [3.8, 4) is 0 Å². The van der Waals surface area contributed by atoms with Crippen LogP contribution in [0.25, 0.3) is 5.57 Å². The highest BCUT2D eigenvalue weighted by atomic mass is 15.1. The molecule has 1 aromatic rings. The lowest BCUT2D eigenvalue weighted by atomic mass is 9.97. The fourth-order valence-corrected chi connectivity index (χ4v) is 3.02. The van der Waals surface area contributed by atoms with E-state index in [-0.39, 0.29) is 0 Å². The number of hydrogen-bond acceptors (Lipinski definition) is 2. The Morgan fingerprint density at radius 1 is 1.25 bits per heavy atom. The molecule has 1 N–H and O–H groups in total. The molecular formula is C18H28N2. The van der Waals surface area contributed by atoms with Crippen LogP contribution in [0.15, 0.2) is 36.9 Å². The normalized spacial score (nSPS) is 16.5. The van der Waals surface area contributed by atoms with Gasteiger partial charge in [-0.15, -0.1) is 0 Å². The molecule has 2 rings (SSSR count). The van der Waals surface area contributed by atoms with Crippen molar-refractivity contribution < 1.29 is 0 Å². The molecule has 0 spiro atoms. The molecule has 0 aromatic heterocycles. The van der Waals surface area contributed by atoms with Gasteiger partial charge >= 0.3 is 0 Å². The van der Waals surface area contributed by atoms with E-state index in [1.165, 1.54) is 56.6 Å². The van der Waals surface area contributed by atoms with Crippen LogP contribution < -0.4 is 5.32 Å². The van der Waals surface area contributed by atoms with Crippen molar-refractivity contribution in [1.29, 1.82) is 0 Å². The molecule has 1 aromatic carbocycles. The Morgan fingerprint density at radius 3 is 2.60 bits per heavy atom. The first-order valence-corrected chi connectivity index (χ1v) is 7.96. The maximum atomic E-state index is 4.29. The molecule has 0 aliphatic carbocycles. The van der Waals surface area contributed by atoms with Gasteiger partial charge in [0.15, 0.2) is 0 Å². The van der Waals surface area contributed by atoms with Crippen molar-refractivity contribution in [2.24, 2.45) is 5.92 Å². The van der Waals surface area contributed by atoms with Gasteiger partial charge in [-0.3, -0.25) is 4.90 Å². The molecule has 0 saturated carbocycles. The molecule has 1 saturated heterocycles. The van der Waals surface area contributed by atoms with Gasteiger partial charge in [0.1, 0.15) is 0 Å². The van der Waals surface area contributed by atoms with Gasteiger partial charge in [0.25, 0.3) is 0 Å². The SMILES string of the molecule is C=C(CN(CCC)CC1CCNCC1)c1ccccc1. The van der Waals surface area contributed by atoms with Crippen LogP contribution in [-0.4, -0.2) is 37.6 Å². The van der Waals surface area contributed by atoms with Gasteiger partial charge in [-0.1, -0.05) is 43.8 Å². The minimum Gasteiger partial charge on any atom is -0.317 e. The molecule has 0 atom stereocenters. The smallest absolute Gasteiger partial charge is 0.0233 e. The van der Waals surface area contributed by atoms with Gasteiger partial charge in [0, 0.05) is 13.1 Å². The number of nitrogens with zero attached hydrogens (tertiary/aromatic N) is 1. The molecule has 110 valence electrons. The summed E-state index contributed by atoms with van der Waals surface area (Å²) in [5.74, 6) is 0.853. The first-order valence-electron chi connectivity index (χ1n) is 7.96. The van der Waals surface area contributed by atoms with Crippen LogP contribution in [0.1, 0.15) is 31.7 Å². The third-order valence-electron chi connectivity index (χ3n) is 4.11. The largest absolute Gasteiger partial charge is 0.317 e. The van der Waals surface area contributed by atoms with Crippen molar-refractivity contribution in [2.75, 3.05) is 32.7 Å². The Kier molecular flexibility index (Phi) is 6.28. The molecule has 2 heteroatoms. The van der Waals surface area contributed by atoms with Gasteiger partial charge in [-0.05, 0) is 56.0 Å². The Bertz CT molecular complexity index is 393. The van der Waals surface area contributed by atoms with E-state index in [1.54, 1.807) is 0 Å². The monoisotopic (exact) mass is 272 g/mol. The van der Waals surface area contributed by atoms with Crippen molar-refractivity contribution >= 4 is 5.57 Å². The first-order chi connectivity index (χ1) is 9.79. The fourth-order valence-electron chi connectivity index (χ4n) is 3.02. The van der Waals surface area contributed by atoms with E-state index in [0.29, 0.717) is 0 Å². The third kappa shape index (κ3) is 4.77. The third-order valence-corrected chi connectivity index (χ3v) is 4.11. The molecule has 0 unspecified atom stereocenters. The molecule has 1 aliphatic rings. The zero-order chi connectivity index (χ0) is 14.2. The molecular weight excluding hydrogens is 244 g/mol. The van der Waals surface area contributed by atoms with Gasteiger partial charge in [-0.2, -0.15) is 0 Å². The summed E-state index contributed by atoms with van der Waals surface area (Å²) in [6, 6.07) is 10.6. The zero-order valence-electron chi connectivity index (χ0n) is 12.8. The van der Waals surface area contributed by atoms with Gasteiger partial charge in [0.2, 0.25) is 0 Å². The Balaban J connectivity index is 1.89. The summed E-state index contributed by atoms with van der Waals surface area (Å²) in [6.45, 7) is 12.3. The van der Waals surface area contributed by atoms with Gasteiger partial charge in [-0.25, -0.2) is 0 Å². The average molecular weight is 272 g/mol. The van der Waals surface area contributed by atoms with Crippen molar-refractivity contribution in [3.05, 3.63) is 42.5 Å². The number of rotatable bonds is 7. The number of piperidine rings is 1. The van der Waals surface area contributed by atoms with Crippen LogP contribution in [0, 0.1) is 5.92 Å². The van der Waals surface area contributed by atoms with E-state index in [4.69, 9.17) is 0 Å². The average Bonchev–Trinajstić information content (AvgIpc) is 2.49. The van der Waals surface area contributed by atoms with Crippen LogP contribution in [0.2, 0.25) is 0 Å². The molecule has 1 fully saturated rings. The Morgan fingerprint density at radius 2 is 1.95 bits per heavy atom. The van der Waals surface area contributed by atoms with Crippen LogP contribution in [0.3, 0.4) is 0 Å². The lowest BCUT2D eigenvalue weighted by molar-refractivity contribution is 0.225. The molecule has 2 nitrogen and oxygen atoms in total. The summed E-state index contributed by atoms with van der Waals surface area (Å²) < 4.78 is 0. The molecule has 0 bridgehead atoms. The first kappa shape index (κ1) is 15.3. The van der Waals surface area contributed by atoms with Crippen molar-refractivity contribution in [1.82, 2.24) is 10.2 Å². The molecule has 0 radical (unpaired) electrons. The number of benzene rings is 1. The van der Waals surface area contributed by atoms with E-state index < -0.39 is 0 Å². The highest BCUT2D eigenvalue weighted by molar-refractivity contribution is 5.64. The van der Waals surface area contributed by atoms with Gasteiger partial charge < -0.3 is 5.32 Å². The summed E-state index contributed by atoms with van der Waals surface area (Å²) in [4.78, 5) is 2.59. The van der Waals surface area contributed by atoms with Gasteiger partial charge in [0.05, 0.1) is 0 Å². The molecule has 1 aliphatic heterocycles. The highest BCUT2D eigenvalue weighted by Crippen LogP contribution is 2.18. The minimum absolute atomic E-state index is 0.853. The second-order valence-corrected chi connectivity index (χ2v) is 5.90. The predicted octanol–water partition coefficient (Wildman–Crippen LogP) is 3.41. The van der Waals surface area contributed by atoms with E-state index in [9.17, 15) is 0 Å². The summed E-state index contributed by atoms with van der Waals surface area (Å²) in [7, 11) is 0. The van der Waals surface area contributed by atoms with Crippen molar-refractivity contribution in [2.45, 2.75) is 26.2 Å². The van der Waals surface area contributed by atoms with Crippen LogP contribution in [-0.2, 0) is 0 Å². The second kappa shape index (κ2) is 8.23. The summed E-state index contributed by atoms with van der Waals surface area (Å²) in [5, 5.41) is 3.45. The van der Waals surface area contributed by atoms with Crippen LogP contribution in [0.5, 0.6) is 0 Å². The minimum atomic E-state index is 0.853. The number of nitrogens with one attached hydrogen (secondary N) is 1. The van der Waals surface area contributed by atoms with E-state index in [0.717, 1.165) is 12.5 Å². The van der Waals surface area contributed by atoms with E-state index in [2.05, 4.69) is 54.1 Å². The Hall–Kier alpha value is -1.12. The quantitative estimate of drug-likeness (QED) is 0.818. The fraction of sp³-hybridized carbons (Fsp3) is 0.556. The molecule has 1 heterocycles. The maximum absolute atomic E-state index is 4.29. The molecule has 0 amide bonds. The maximum Gasteiger partial charge on any atom is 0.0233 e.